The Balaban J connectivity index is 4.79. The molecule has 0 amide bonds. The van der Waals surface area contributed by atoms with Crippen molar-refractivity contribution in [1.29, 1.82) is 5.41 Å². The SMILES string of the molecule is CC(C)C(C(=N)N)S(=O)(=O)O. The molecule has 5 nitrogen and oxygen atoms in total. The second-order valence-corrected chi connectivity index (χ2v) is 4.17. The minimum atomic E-state index is -4.21. The number of hydrogen-bond donors (Lipinski definition) is 3. The van der Waals surface area contributed by atoms with Crippen molar-refractivity contribution < 1.29 is 13.0 Å². The normalized spacial score (nSPS) is 14.9. The lowest BCUT2D eigenvalue weighted by Crippen LogP contribution is -2.39. The van der Waals surface area contributed by atoms with Crippen LogP contribution in [0.1, 0.15) is 13.8 Å². The minimum absolute atomic E-state index is 0.387. The van der Waals surface area contributed by atoms with E-state index in [1.165, 1.54) is 0 Å². The van der Waals surface area contributed by atoms with Crippen LogP contribution in [0.4, 0.5) is 0 Å². The molecule has 0 heterocycles. The zero-order valence-corrected chi connectivity index (χ0v) is 7.22. The molecule has 0 aliphatic heterocycles. The van der Waals surface area contributed by atoms with E-state index in [1.54, 1.807) is 13.8 Å². The summed E-state index contributed by atoms with van der Waals surface area (Å²) in [6.07, 6.45) is 0. The smallest absolute Gasteiger partial charge is 0.275 e. The lowest BCUT2D eigenvalue weighted by molar-refractivity contribution is 0.462. The largest absolute Gasteiger partial charge is 0.386 e. The molecule has 0 spiro atoms. The van der Waals surface area contributed by atoms with E-state index in [9.17, 15) is 8.42 Å². The fourth-order valence-electron chi connectivity index (χ4n) is 0.864. The number of rotatable bonds is 3. The van der Waals surface area contributed by atoms with E-state index in [0.29, 0.717) is 0 Å². The predicted octanol–water partition coefficient (Wildman–Crippen LogP) is -0.165. The highest BCUT2D eigenvalue weighted by molar-refractivity contribution is 7.87. The van der Waals surface area contributed by atoms with Gasteiger partial charge in [0.1, 0.15) is 11.1 Å². The molecule has 0 aliphatic carbocycles. The first kappa shape index (κ1) is 10.4. The molecule has 0 fully saturated rings. The molecule has 4 N–H and O–H groups in total. The molecule has 0 rings (SSSR count). The van der Waals surface area contributed by atoms with Crippen LogP contribution in [0.5, 0.6) is 0 Å². The van der Waals surface area contributed by atoms with E-state index in [1.807, 2.05) is 0 Å². The van der Waals surface area contributed by atoms with Crippen molar-refractivity contribution in [2.24, 2.45) is 11.7 Å². The van der Waals surface area contributed by atoms with Crippen LogP contribution in [0.15, 0.2) is 0 Å². The lowest BCUT2D eigenvalue weighted by atomic mass is 10.1. The molecule has 0 radical (unpaired) electrons. The zero-order chi connectivity index (χ0) is 9.23. The van der Waals surface area contributed by atoms with E-state index in [-0.39, 0.29) is 5.92 Å². The molecule has 0 saturated heterocycles. The molecule has 0 aliphatic rings. The maximum absolute atomic E-state index is 10.5. The topological polar surface area (TPSA) is 104 Å². The molecule has 1 unspecified atom stereocenters. The Kier molecular flexibility index (Phi) is 3.01. The van der Waals surface area contributed by atoms with Gasteiger partial charge in [0.2, 0.25) is 0 Å². The Morgan fingerprint density at radius 2 is 1.91 bits per heavy atom. The van der Waals surface area contributed by atoms with Gasteiger partial charge in [0.05, 0.1) is 0 Å². The number of nitrogens with two attached hydrogens (primary N) is 1. The first-order valence-electron chi connectivity index (χ1n) is 3.07. The second-order valence-electron chi connectivity index (χ2n) is 2.63. The molecule has 0 aromatic rings. The standard InChI is InChI=1S/C5H12N2O3S/c1-3(2)4(5(6)7)11(8,9)10/h3-4H,1-2H3,(H3,6,7)(H,8,9,10). The minimum Gasteiger partial charge on any atom is -0.386 e. The quantitative estimate of drug-likeness (QED) is 0.318. The van der Waals surface area contributed by atoms with Crippen molar-refractivity contribution in [2.75, 3.05) is 0 Å². The summed E-state index contributed by atoms with van der Waals surface area (Å²) in [6, 6.07) is 0. The van der Waals surface area contributed by atoms with Crippen LogP contribution in [0.2, 0.25) is 0 Å². The van der Waals surface area contributed by atoms with Gasteiger partial charge in [0, 0.05) is 0 Å². The fraction of sp³-hybridized carbons (Fsp3) is 0.800. The Labute approximate surface area is 65.9 Å². The van der Waals surface area contributed by atoms with E-state index in [0.717, 1.165) is 0 Å². The zero-order valence-electron chi connectivity index (χ0n) is 6.40. The molecular formula is C5H12N2O3S. The van der Waals surface area contributed by atoms with Crippen LogP contribution < -0.4 is 5.73 Å². The summed E-state index contributed by atoms with van der Waals surface area (Å²) in [5.74, 6) is -0.912. The maximum Gasteiger partial charge on any atom is 0.275 e. The number of nitrogens with one attached hydrogen (secondary N) is 1. The van der Waals surface area contributed by atoms with Gasteiger partial charge in [-0.15, -0.1) is 0 Å². The molecule has 66 valence electrons. The van der Waals surface area contributed by atoms with Gasteiger partial charge in [-0.25, -0.2) is 0 Å². The Bertz CT molecular complexity index is 244. The highest BCUT2D eigenvalue weighted by Crippen LogP contribution is 2.09. The highest BCUT2D eigenvalue weighted by atomic mass is 32.2. The second kappa shape index (κ2) is 3.19. The van der Waals surface area contributed by atoms with Gasteiger partial charge >= 0.3 is 0 Å². The molecule has 0 bridgehead atoms. The van der Waals surface area contributed by atoms with Crippen LogP contribution in [0.3, 0.4) is 0 Å². The van der Waals surface area contributed by atoms with Gasteiger partial charge in [0.15, 0.2) is 0 Å². The van der Waals surface area contributed by atoms with Crippen LogP contribution in [-0.2, 0) is 10.1 Å². The van der Waals surface area contributed by atoms with Gasteiger partial charge in [0.25, 0.3) is 10.1 Å². The van der Waals surface area contributed by atoms with Crippen molar-refractivity contribution in [3.8, 4) is 0 Å². The summed E-state index contributed by atoms with van der Waals surface area (Å²) in [4.78, 5) is 0. The predicted molar refractivity (Wildman–Crippen MR) is 42.1 cm³/mol. The summed E-state index contributed by atoms with van der Waals surface area (Å²) in [7, 11) is -4.21. The molecule has 0 saturated carbocycles. The van der Waals surface area contributed by atoms with Crippen LogP contribution >= 0.6 is 0 Å². The van der Waals surface area contributed by atoms with Gasteiger partial charge < -0.3 is 5.73 Å². The van der Waals surface area contributed by atoms with Crippen molar-refractivity contribution in [2.45, 2.75) is 19.1 Å². The average molecular weight is 180 g/mol. The molecule has 0 aromatic carbocycles. The molecular weight excluding hydrogens is 168 g/mol. The summed E-state index contributed by atoms with van der Waals surface area (Å²) in [5, 5.41) is 5.60. The van der Waals surface area contributed by atoms with Crippen LogP contribution in [0.25, 0.3) is 0 Å². The van der Waals surface area contributed by atoms with E-state index in [4.69, 9.17) is 15.7 Å². The third kappa shape index (κ3) is 2.85. The average Bonchev–Trinajstić information content (AvgIpc) is 1.54. The summed E-state index contributed by atoms with van der Waals surface area (Å²) < 4.78 is 29.7. The Hall–Kier alpha value is -0.620. The number of hydrogen-bond acceptors (Lipinski definition) is 3. The van der Waals surface area contributed by atoms with Gasteiger partial charge in [-0.1, -0.05) is 13.8 Å². The van der Waals surface area contributed by atoms with E-state index >= 15 is 0 Å². The van der Waals surface area contributed by atoms with Crippen molar-refractivity contribution in [1.82, 2.24) is 0 Å². The van der Waals surface area contributed by atoms with Crippen molar-refractivity contribution in [3.63, 3.8) is 0 Å². The first-order valence-corrected chi connectivity index (χ1v) is 4.57. The maximum atomic E-state index is 10.5. The third-order valence-corrected chi connectivity index (χ3v) is 2.67. The Morgan fingerprint density at radius 1 is 1.55 bits per heavy atom. The van der Waals surface area contributed by atoms with Gasteiger partial charge in [-0.2, -0.15) is 8.42 Å². The highest BCUT2D eigenvalue weighted by Gasteiger charge is 2.29. The summed E-state index contributed by atoms with van der Waals surface area (Å²) >= 11 is 0. The molecule has 0 aromatic heterocycles. The summed E-state index contributed by atoms with van der Waals surface area (Å²) in [5.41, 5.74) is 4.97. The first-order chi connectivity index (χ1) is 4.76. The molecule has 1 atom stereocenters. The molecule has 6 heteroatoms. The van der Waals surface area contributed by atoms with Gasteiger partial charge in [-0.05, 0) is 5.92 Å². The fourth-order valence-corrected chi connectivity index (χ4v) is 1.87. The van der Waals surface area contributed by atoms with Crippen molar-refractivity contribution in [3.05, 3.63) is 0 Å². The van der Waals surface area contributed by atoms with E-state index in [2.05, 4.69) is 0 Å². The molecule has 11 heavy (non-hydrogen) atoms. The van der Waals surface area contributed by atoms with Gasteiger partial charge in [-0.3, -0.25) is 9.96 Å². The van der Waals surface area contributed by atoms with Crippen LogP contribution in [0, 0.1) is 11.3 Å². The van der Waals surface area contributed by atoms with Crippen LogP contribution in [-0.4, -0.2) is 24.1 Å². The lowest BCUT2D eigenvalue weighted by Gasteiger charge is -2.14. The monoisotopic (exact) mass is 180 g/mol. The van der Waals surface area contributed by atoms with Crippen molar-refractivity contribution >= 4 is 16.0 Å². The number of amidine groups is 1. The Morgan fingerprint density at radius 3 is 1.91 bits per heavy atom. The summed E-state index contributed by atoms with van der Waals surface area (Å²) in [6.45, 7) is 3.14. The van der Waals surface area contributed by atoms with E-state index < -0.39 is 21.2 Å². The third-order valence-electron chi connectivity index (χ3n) is 1.23.